The Hall–Kier alpha value is -3.12. The van der Waals surface area contributed by atoms with E-state index in [1.165, 1.54) is 5.69 Å². The van der Waals surface area contributed by atoms with Crippen LogP contribution in [0, 0.1) is 6.92 Å². The molecule has 0 saturated carbocycles. The molecule has 1 amide bonds. The normalized spacial score (nSPS) is 14.1. The largest absolute Gasteiger partial charge is 0.378 e. The Bertz CT molecular complexity index is 943. The van der Waals surface area contributed by atoms with Crippen molar-refractivity contribution in [3.63, 3.8) is 0 Å². The highest BCUT2D eigenvalue weighted by atomic mass is 16.5. The molecule has 1 aliphatic heterocycles. The van der Waals surface area contributed by atoms with E-state index in [1.54, 1.807) is 4.68 Å². The van der Waals surface area contributed by atoms with E-state index in [0.29, 0.717) is 12.1 Å². The molecule has 0 aliphatic carbocycles. The zero-order chi connectivity index (χ0) is 19.3. The smallest absolute Gasteiger partial charge is 0.251 e. The van der Waals surface area contributed by atoms with Gasteiger partial charge in [0.25, 0.3) is 5.91 Å². The van der Waals surface area contributed by atoms with Gasteiger partial charge in [0.05, 0.1) is 24.6 Å². The molecule has 0 unspecified atom stereocenters. The number of aromatic nitrogens is 2. The fourth-order valence-electron chi connectivity index (χ4n) is 3.29. The minimum absolute atomic E-state index is 0.0834. The summed E-state index contributed by atoms with van der Waals surface area (Å²) in [6.07, 6.45) is 1.91. The monoisotopic (exact) mass is 376 g/mol. The first-order valence-corrected chi connectivity index (χ1v) is 9.51. The molecule has 0 bridgehead atoms. The van der Waals surface area contributed by atoms with Crippen molar-refractivity contribution >= 4 is 11.6 Å². The first-order valence-electron chi connectivity index (χ1n) is 9.51. The highest BCUT2D eigenvalue weighted by Gasteiger charge is 2.12. The SMILES string of the molecule is Cc1ccn(-c2ccc(C(=O)NCc3cccc(N4CCOCC4)c3)cc2)n1. The maximum absolute atomic E-state index is 12.5. The Balaban J connectivity index is 1.37. The van der Waals surface area contributed by atoms with Crippen molar-refractivity contribution in [1.29, 1.82) is 0 Å². The molecule has 1 aliphatic rings. The molecule has 0 atom stereocenters. The maximum atomic E-state index is 12.5. The topological polar surface area (TPSA) is 59.4 Å². The predicted octanol–water partition coefficient (Wildman–Crippen LogP) is 2.95. The average Bonchev–Trinajstić information content (AvgIpc) is 3.19. The number of hydrogen-bond donors (Lipinski definition) is 1. The molecule has 2 heterocycles. The number of aryl methyl sites for hydroxylation is 1. The lowest BCUT2D eigenvalue weighted by Crippen LogP contribution is -2.36. The molecule has 1 N–H and O–H groups in total. The van der Waals surface area contributed by atoms with Crippen molar-refractivity contribution in [2.45, 2.75) is 13.5 Å². The van der Waals surface area contributed by atoms with Crippen LogP contribution in [0.4, 0.5) is 5.69 Å². The maximum Gasteiger partial charge on any atom is 0.251 e. The molecule has 2 aromatic carbocycles. The van der Waals surface area contributed by atoms with E-state index in [9.17, 15) is 4.79 Å². The summed E-state index contributed by atoms with van der Waals surface area (Å²) < 4.78 is 7.21. The molecular weight excluding hydrogens is 352 g/mol. The lowest BCUT2D eigenvalue weighted by molar-refractivity contribution is 0.0951. The van der Waals surface area contributed by atoms with Gasteiger partial charge in [-0.15, -0.1) is 0 Å². The van der Waals surface area contributed by atoms with E-state index in [1.807, 2.05) is 55.6 Å². The number of nitrogens with zero attached hydrogens (tertiary/aromatic N) is 3. The zero-order valence-corrected chi connectivity index (χ0v) is 16.0. The van der Waals surface area contributed by atoms with Crippen molar-refractivity contribution in [3.05, 3.63) is 77.6 Å². The van der Waals surface area contributed by atoms with Crippen molar-refractivity contribution in [1.82, 2.24) is 15.1 Å². The Kier molecular flexibility index (Phi) is 5.39. The molecule has 6 heteroatoms. The van der Waals surface area contributed by atoms with Crippen LogP contribution in [-0.2, 0) is 11.3 Å². The second-order valence-electron chi connectivity index (χ2n) is 6.90. The van der Waals surface area contributed by atoms with Crippen LogP contribution in [0.1, 0.15) is 21.6 Å². The van der Waals surface area contributed by atoms with Crippen molar-refractivity contribution < 1.29 is 9.53 Å². The van der Waals surface area contributed by atoms with Crippen molar-refractivity contribution in [3.8, 4) is 5.69 Å². The van der Waals surface area contributed by atoms with Crippen LogP contribution in [0.15, 0.2) is 60.8 Å². The van der Waals surface area contributed by atoms with E-state index in [0.717, 1.165) is 43.2 Å². The number of anilines is 1. The fraction of sp³-hybridized carbons (Fsp3) is 0.273. The third-order valence-corrected chi connectivity index (χ3v) is 4.86. The standard InChI is InChI=1S/C22H24N4O2/c1-17-9-10-26(24-17)20-7-5-19(6-8-20)22(27)23-16-18-3-2-4-21(15-18)25-11-13-28-14-12-25/h2-10,15H,11-14,16H2,1H3,(H,23,27). The van der Waals surface area contributed by atoms with Crippen molar-refractivity contribution in [2.75, 3.05) is 31.2 Å². The number of ether oxygens (including phenoxy) is 1. The summed E-state index contributed by atoms with van der Waals surface area (Å²) in [5.41, 5.74) is 4.79. The van der Waals surface area contributed by atoms with Crippen LogP contribution >= 0.6 is 0 Å². The Morgan fingerprint density at radius 1 is 1.07 bits per heavy atom. The highest BCUT2D eigenvalue weighted by Crippen LogP contribution is 2.17. The van der Waals surface area contributed by atoms with E-state index in [2.05, 4.69) is 27.4 Å². The van der Waals surface area contributed by atoms with Crippen LogP contribution in [0.2, 0.25) is 0 Å². The van der Waals surface area contributed by atoms with Gasteiger partial charge in [-0.1, -0.05) is 12.1 Å². The van der Waals surface area contributed by atoms with Crippen molar-refractivity contribution in [2.24, 2.45) is 0 Å². The molecule has 6 nitrogen and oxygen atoms in total. The Labute approximate surface area is 164 Å². The quantitative estimate of drug-likeness (QED) is 0.744. The number of nitrogens with one attached hydrogen (secondary N) is 1. The molecule has 1 fully saturated rings. The number of benzene rings is 2. The second kappa shape index (κ2) is 8.27. The number of carbonyl (C=O) groups excluding carboxylic acids is 1. The summed E-state index contributed by atoms with van der Waals surface area (Å²) >= 11 is 0. The van der Waals surface area contributed by atoms with E-state index in [-0.39, 0.29) is 5.91 Å². The van der Waals surface area contributed by atoms with Crippen LogP contribution in [-0.4, -0.2) is 42.0 Å². The zero-order valence-electron chi connectivity index (χ0n) is 16.0. The van der Waals surface area contributed by atoms with Crippen LogP contribution in [0.3, 0.4) is 0 Å². The first-order chi connectivity index (χ1) is 13.7. The molecule has 1 aromatic heterocycles. The Morgan fingerprint density at radius 2 is 1.86 bits per heavy atom. The van der Waals surface area contributed by atoms with Gasteiger partial charge in [-0.3, -0.25) is 4.79 Å². The summed E-state index contributed by atoms with van der Waals surface area (Å²) in [6, 6.07) is 17.7. The van der Waals surface area contributed by atoms with Gasteiger partial charge in [0.1, 0.15) is 0 Å². The van der Waals surface area contributed by atoms with Crippen LogP contribution in [0.5, 0.6) is 0 Å². The van der Waals surface area contributed by atoms with Crippen LogP contribution < -0.4 is 10.2 Å². The van der Waals surface area contributed by atoms with Gasteiger partial charge < -0.3 is 15.0 Å². The number of carbonyl (C=O) groups is 1. The Morgan fingerprint density at radius 3 is 2.57 bits per heavy atom. The number of rotatable bonds is 5. The molecule has 1 saturated heterocycles. The molecule has 144 valence electrons. The minimum Gasteiger partial charge on any atom is -0.378 e. The number of hydrogen-bond acceptors (Lipinski definition) is 4. The summed E-state index contributed by atoms with van der Waals surface area (Å²) in [7, 11) is 0. The molecule has 4 rings (SSSR count). The summed E-state index contributed by atoms with van der Waals surface area (Å²) in [5.74, 6) is -0.0834. The first kappa shape index (κ1) is 18.3. The van der Waals surface area contributed by atoms with Gasteiger partial charge >= 0.3 is 0 Å². The fourth-order valence-corrected chi connectivity index (χ4v) is 3.29. The van der Waals surface area contributed by atoms with E-state index in [4.69, 9.17) is 4.74 Å². The van der Waals surface area contributed by atoms with Gasteiger partial charge in [-0.25, -0.2) is 4.68 Å². The summed E-state index contributed by atoms with van der Waals surface area (Å²) in [6.45, 7) is 5.77. The lowest BCUT2D eigenvalue weighted by Gasteiger charge is -2.29. The molecule has 3 aromatic rings. The lowest BCUT2D eigenvalue weighted by atomic mass is 10.1. The molecule has 0 spiro atoms. The second-order valence-corrected chi connectivity index (χ2v) is 6.90. The average molecular weight is 376 g/mol. The number of morpholine rings is 1. The van der Waals surface area contributed by atoms with E-state index >= 15 is 0 Å². The van der Waals surface area contributed by atoms with E-state index < -0.39 is 0 Å². The van der Waals surface area contributed by atoms with Gasteiger partial charge in [0, 0.05) is 37.1 Å². The van der Waals surface area contributed by atoms with Gasteiger partial charge in [0.2, 0.25) is 0 Å². The van der Waals surface area contributed by atoms with Gasteiger partial charge in [0.15, 0.2) is 0 Å². The molecule has 0 radical (unpaired) electrons. The summed E-state index contributed by atoms with van der Waals surface area (Å²) in [4.78, 5) is 14.8. The minimum atomic E-state index is -0.0834. The predicted molar refractivity (Wildman–Crippen MR) is 109 cm³/mol. The third-order valence-electron chi connectivity index (χ3n) is 4.86. The van der Waals surface area contributed by atoms with Gasteiger partial charge in [-0.05, 0) is 55.0 Å². The molecule has 28 heavy (non-hydrogen) atoms. The third kappa shape index (κ3) is 4.23. The van der Waals surface area contributed by atoms with Gasteiger partial charge in [-0.2, -0.15) is 5.10 Å². The number of amides is 1. The summed E-state index contributed by atoms with van der Waals surface area (Å²) in [5, 5.41) is 7.39. The molecular formula is C22H24N4O2. The highest BCUT2D eigenvalue weighted by molar-refractivity contribution is 5.94. The van der Waals surface area contributed by atoms with Crippen LogP contribution in [0.25, 0.3) is 5.69 Å².